The molecule has 0 unspecified atom stereocenters. The second-order valence-corrected chi connectivity index (χ2v) is 5.29. The van der Waals surface area contributed by atoms with Gasteiger partial charge < -0.3 is 14.8 Å². The van der Waals surface area contributed by atoms with Gasteiger partial charge in [0.15, 0.2) is 0 Å². The summed E-state index contributed by atoms with van der Waals surface area (Å²) in [7, 11) is 3.14. The van der Waals surface area contributed by atoms with Gasteiger partial charge in [0.25, 0.3) is 5.91 Å². The van der Waals surface area contributed by atoms with Crippen LogP contribution in [0.1, 0.15) is 15.9 Å². The van der Waals surface area contributed by atoms with Crippen LogP contribution in [-0.4, -0.2) is 20.1 Å². The molecule has 0 aliphatic heterocycles. The van der Waals surface area contributed by atoms with Gasteiger partial charge in [-0.3, -0.25) is 4.79 Å². The molecule has 2 aromatic carbocycles. The summed E-state index contributed by atoms with van der Waals surface area (Å²) >= 11 is 11.9. The van der Waals surface area contributed by atoms with Gasteiger partial charge in [-0.2, -0.15) is 0 Å². The molecule has 0 aliphatic rings. The fourth-order valence-corrected chi connectivity index (χ4v) is 2.31. The summed E-state index contributed by atoms with van der Waals surface area (Å²) in [5.74, 6) is 1.02. The number of benzene rings is 2. The normalized spacial score (nSPS) is 10.2. The average molecular weight is 340 g/mol. The van der Waals surface area contributed by atoms with Crippen LogP contribution in [0.2, 0.25) is 10.0 Å². The lowest BCUT2D eigenvalue weighted by molar-refractivity contribution is 0.0951. The predicted octanol–water partition coefficient (Wildman–Crippen LogP) is 3.94. The van der Waals surface area contributed by atoms with Crippen LogP contribution < -0.4 is 14.8 Å². The highest BCUT2D eigenvalue weighted by Gasteiger charge is 2.12. The standard InChI is InChI=1S/C16H15Cl2NO3/c1-21-11-6-10(7-12(8-11)22-2)9-19-16(20)13-4-3-5-14(17)15(13)18/h3-8H,9H2,1-2H3,(H,19,20). The maximum Gasteiger partial charge on any atom is 0.253 e. The van der Waals surface area contributed by atoms with Gasteiger partial charge in [-0.1, -0.05) is 29.3 Å². The van der Waals surface area contributed by atoms with Gasteiger partial charge in [0.05, 0.1) is 29.8 Å². The number of nitrogens with one attached hydrogen (secondary N) is 1. The van der Waals surface area contributed by atoms with Gasteiger partial charge in [-0.15, -0.1) is 0 Å². The number of halogens is 2. The van der Waals surface area contributed by atoms with Crippen molar-refractivity contribution in [3.8, 4) is 11.5 Å². The number of methoxy groups -OCH3 is 2. The molecule has 22 heavy (non-hydrogen) atoms. The van der Waals surface area contributed by atoms with Crippen molar-refractivity contribution in [1.29, 1.82) is 0 Å². The Hall–Kier alpha value is -1.91. The Balaban J connectivity index is 2.12. The molecule has 2 rings (SSSR count). The molecule has 0 spiro atoms. The van der Waals surface area contributed by atoms with E-state index in [4.69, 9.17) is 32.7 Å². The number of rotatable bonds is 5. The van der Waals surface area contributed by atoms with E-state index < -0.39 is 0 Å². The smallest absolute Gasteiger partial charge is 0.253 e. The van der Waals surface area contributed by atoms with Crippen LogP contribution in [0.25, 0.3) is 0 Å². The summed E-state index contributed by atoms with van der Waals surface area (Å²) in [4.78, 5) is 12.2. The minimum atomic E-state index is -0.297. The van der Waals surface area contributed by atoms with Crippen molar-refractivity contribution < 1.29 is 14.3 Å². The molecule has 1 amide bonds. The van der Waals surface area contributed by atoms with E-state index in [9.17, 15) is 4.79 Å². The molecule has 0 aromatic heterocycles. The van der Waals surface area contributed by atoms with Gasteiger partial charge in [-0.05, 0) is 29.8 Å². The zero-order valence-corrected chi connectivity index (χ0v) is 13.7. The van der Waals surface area contributed by atoms with Gasteiger partial charge in [-0.25, -0.2) is 0 Å². The third kappa shape index (κ3) is 3.84. The molecule has 0 radical (unpaired) electrons. The first-order chi connectivity index (χ1) is 10.5. The van der Waals surface area contributed by atoms with E-state index in [1.165, 1.54) is 0 Å². The first-order valence-corrected chi connectivity index (χ1v) is 7.25. The van der Waals surface area contributed by atoms with E-state index in [0.29, 0.717) is 28.6 Å². The fourth-order valence-electron chi connectivity index (χ4n) is 1.93. The molecule has 116 valence electrons. The summed E-state index contributed by atoms with van der Waals surface area (Å²) in [5, 5.41) is 3.38. The zero-order chi connectivity index (χ0) is 16.1. The third-order valence-electron chi connectivity index (χ3n) is 3.06. The number of hydrogen-bond donors (Lipinski definition) is 1. The van der Waals surface area contributed by atoms with Crippen molar-refractivity contribution in [3.63, 3.8) is 0 Å². The monoisotopic (exact) mass is 339 g/mol. The van der Waals surface area contributed by atoms with Crippen molar-refractivity contribution in [2.75, 3.05) is 14.2 Å². The molecule has 0 bridgehead atoms. The van der Waals surface area contributed by atoms with Crippen molar-refractivity contribution >= 4 is 29.1 Å². The topological polar surface area (TPSA) is 47.6 Å². The number of hydrogen-bond acceptors (Lipinski definition) is 3. The second-order valence-electron chi connectivity index (χ2n) is 4.50. The number of carbonyl (C=O) groups is 1. The molecular formula is C16H15Cl2NO3. The molecule has 1 N–H and O–H groups in total. The molecule has 0 fully saturated rings. The van der Waals surface area contributed by atoms with Gasteiger partial charge in [0.1, 0.15) is 11.5 Å². The lowest BCUT2D eigenvalue weighted by Crippen LogP contribution is -2.23. The van der Waals surface area contributed by atoms with Crippen LogP contribution in [0.15, 0.2) is 36.4 Å². The van der Waals surface area contributed by atoms with Gasteiger partial charge >= 0.3 is 0 Å². The first kappa shape index (κ1) is 16.5. The summed E-state index contributed by atoms with van der Waals surface area (Å²) < 4.78 is 10.4. The van der Waals surface area contributed by atoms with Crippen molar-refractivity contribution in [2.45, 2.75) is 6.54 Å². The van der Waals surface area contributed by atoms with Crippen LogP contribution in [0.3, 0.4) is 0 Å². The molecule has 4 nitrogen and oxygen atoms in total. The molecule has 0 heterocycles. The van der Waals surface area contributed by atoms with Gasteiger partial charge in [0, 0.05) is 12.6 Å². The van der Waals surface area contributed by atoms with Crippen LogP contribution in [-0.2, 0) is 6.54 Å². The quantitative estimate of drug-likeness (QED) is 0.897. The van der Waals surface area contributed by atoms with Crippen molar-refractivity contribution in [2.24, 2.45) is 0 Å². The van der Waals surface area contributed by atoms with Gasteiger partial charge in [0.2, 0.25) is 0 Å². The van der Waals surface area contributed by atoms with E-state index in [1.54, 1.807) is 38.5 Å². The van der Waals surface area contributed by atoms with E-state index in [0.717, 1.165) is 5.56 Å². The molecule has 2 aromatic rings. The maximum absolute atomic E-state index is 12.2. The number of amides is 1. The lowest BCUT2D eigenvalue weighted by atomic mass is 10.1. The van der Waals surface area contributed by atoms with Crippen LogP contribution in [0, 0.1) is 0 Å². The summed E-state index contributed by atoms with van der Waals surface area (Å²) in [6.07, 6.45) is 0. The Kier molecular flexibility index (Phi) is 5.52. The largest absolute Gasteiger partial charge is 0.497 e. The zero-order valence-electron chi connectivity index (χ0n) is 12.2. The Morgan fingerprint density at radius 3 is 2.32 bits per heavy atom. The lowest BCUT2D eigenvalue weighted by Gasteiger charge is -2.10. The molecule has 6 heteroatoms. The van der Waals surface area contributed by atoms with Crippen molar-refractivity contribution in [1.82, 2.24) is 5.32 Å². The second kappa shape index (κ2) is 7.38. The first-order valence-electron chi connectivity index (χ1n) is 6.49. The van der Waals surface area contributed by atoms with E-state index in [-0.39, 0.29) is 10.9 Å². The third-order valence-corrected chi connectivity index (χ3v) is 3.88. The summed E-state index contributed by atoms with van der Waals surface area (Å²) in [6, 6.07) is 10.3. The van der Waals surface area contributed by atoms with Crippen LogP contribution in [0.4, 0.5) is 0 Å². The Bertz CT molecular complexity index is 667. The van der Waals surface area contributed by atoms with Crippen molar-refractivity contribution in [3.05, 3.63) is 57.6 Å². The average Bonchev–Trinajstić information content (AvgIpc) is 2.54. The highest BCUT2D eigenvalue weighted by Crippen LogP contribution is 2.26. The van der Waals surface area contributed by atoms with Crippen LogP contribution >= 0.6 is 23.2 Å². The fraction of sp³-hybridized carbons (Fsp3) is 0.188. The Morgan fingerprint density at radius 2 is 1.73 bits per heavy atom. The maximum atomic E-state index is 12.2. The Labute approximate surface area is 138 Å². The highest BCUT2D eigenvalue weighted by atomic mass is 35.5. The molecule has 0 atom stereocenters. The molecular weight excluding hydrogens is 325 g/mol. The predicted molar refractivity (Wildman–Crippen MR) is 87.2 cm³/mol. The van der Waals surface area contributed by atoms with E-state index in [1.807, 2.05) is 12.1 Å². The minimum Gasteiger partial charge on any atom is -0.497 e. The Morgan fingerprint density at radius 1 is 1.09 bits per heavy atom. The van der Waals surface area contributed by atoms with E-state index >= 15 is 0 Å². The number of carbonyl (C=O) groups excluding carboxylic acids is 1. The molecule has 0 saturated carbocycles. The minimum absolute atomic E-state index is 0.241. The SMILES string of the molecule is COc1cc(CNC(=O)c2cccc(Cl)c2Cl)cc(OC)c1. The molecule has 0 saturated heterocycles. The number of ether oxygens (including phenoxy) is 2. The summed E-state index contributed by atoms with van der Waals surface area (Å²) in [6.45, 7) is 0.315. The van der Waals surface area contributed by atoms with Crippen LogP contribution in [0.5, 0.6) is 11.5 Å². The highest BCUT2D eigenvalue weighted by molar-refractivity contribution is 6.43. The molecule has 0 aliphatic carbocycles. The van der Waals surface area contributed by atoms with E-state index in [2.05, 4.69) is 5.32 Å². The summed E-state index contributed by atoms with van der Waals surface area (Å²) in [5.41, 5.74) is 1.19.